The van der Waals surface area contributed by atoms with Crippen LogP contribution in [0.25, 0.3) is 22.1 Å². The topological polar surface area (TPSA) is 175 Å². The Morgan fingerprint density at radius 2 is 1.61 bits per heavy atom. The van der Waals surface area contributed by atoms with Gasteiger partial charge in [-0.2, -0.15) is 5.26 Å². The second-order valence-electron chi connectivity index (χ2n) is 8.63. The van der Waals surface area contributed by atoms with Crippen LogP contribution in [0.5, 0.6) is 0 Å². The highest BCUT2D eigenvalue weighted by atomic mass is 16.5. The number of ether oxygens (including phenoxy) is 2. The summed E-state index contributed by atoms with van der Waals surface area (Å²) in [6, 6.07) is 15.6. The zero-order valence-corrected chi connectivity index (χ0v) is 22.3. The monoisotopic (exact) mass is 557 g/mol. The van der Waals surface area contributed by atoms with Gasteiger partial charge in [-0.3, -0.25) is 14.6 Å². The number of fused-ring (bicyclic) bond motifs is 1. The fraction of sp³-hybridized carbons (Fsp3) is 0.143. The van der Waals surface area contributed by atoms with Crippen molar-refractivity contribution in [3.63, 3.8) is 0 Å². The van der Waals surface area contributed by atoms with Gasteiger partial charge in [0.2, 0.25) is 0 Å². The minimum absolute atomic E-state index is 0.0368. The minimum Gasteiger partial charge on any atom is -0.478 e. The number of nitrogens with one attached hydrogen (secondary N) is 1. The highest BCUT2D eigenvalue weighted by Crippen LogP contribution is 2.37. The van der Waals surface area contributed by atoms with E-state index in [0.717, 1.165) is 6.07 Å². The van der Waals surface area contributed by atoms with Crippen LogP contribution in [0.1, 0.15) is 26.4 Å². The molecule has 0 aliphatic carbocycles. The summed E-state index contributed by atoms with van der Waals surface area (Å²) in [6.07, 6.45) is -1.22. The van der Waals surface area contributed by atoms with E-state index in [1.165, 1.54) is 49.3 Å². The molecule has 4 rings (SSSR count). The van der Waals surface area contributed by atoms with E-state index in [1.807, 2.05) is 6.07 Å². The second-order valence-corrected chi connectivity index (χ2v) is 8.63. The third kappa shape index (κ3) is 5.48. The number of aromatic nitrogens is 1. The number of amides is 3. The van der Waals surface area contributed by atoms with Crippen LogP contribution < -0.4 is 15.1 Å². The number of carbonyl (C=O) groups is 4. The number of carboxylic acids is 1. The van der Waals surface area contributed by atoms with Crippen molar-refractivity contribution in [3.05, 3.63) is 71.4 Å². The number of aromatic carboxylic acids is 1. The molecule has 3 aromatic carbocycles. The molecular weight excluding hydrogens is 534 g/mol. The fourth-order valence-electron chi connectivity index (χ4n) is 4.07. The number of benzene rings is 3. The molecule has 0 saturated heterocycles. The normalized spacial score (nSPS) is 10.4. The molecule has 0 aliphatic heterocycles. The van der Waals surface area contributed by atoms with Crippen LogP contribution >= 0.6 is 0 Å². The van der Waals surface area contributed by atoms with Gasteiger partial charge in [-0.05, 0) is 42.0 Å². The zero-order valence-electron chi connectivity index (χ0n) is 22.3. The predicted octanol–water partition coefficient (Wildman–Crippen LogP) is 4.72. The standard InChI is InChI=1S/C28H23N5O8/c1-32(27(37)39-3)17-8-6-16(7-9-17)18-12-20-23(13-22(18)33(2)28(38)40-4)41-31-24(20)25(34)30-21-10-5-15(14-29)11-19(21)26(35)36/h5-13H,1-4H3,(H,30,34)(H,35,36). The Bertz CT molecular complexity index is 1720. The maximum atomic E-state index is 13.2. The number of carboxylic acid groups (broad SMARTS) is 1. The highest BCUT2D eigenvalue weighted by molar-refractivity contribution is 6.14. The molecule has 2 N–H and O–H groups in total. The first-order valence-corrected chi connectivity index (χ1v) is 11.9. The van der Waals surface area contributed by atoms with E-state index in [9.17, 15) is 24.3 Å². The molecule has 0 bridgehead atoms. The molecule has 0 unspecified atom stereocenters. The van der Waals surface area contributed by atoms with Crippen LogP contribution in [-0.2, 0) is 9.47 Å². The smallest absolute Gasteiger partial charge is 0.413 e. The SMILES string of the molecule is COC(=O)N(C)c1ccc(-c2cc3c(C(=O)Nc4ccc(C#N)cc4C(=O)O)noc3cc2N(C)C(=O)OC)cc1. The molecular formula is C28H23N5O8. The molecule has 1 aromatic heterocycles. The quantitative estimate of drug-likeness (QED) is 0.337. The first-order valence-electron chi connectivity index (χ1n) is 11.9. The number of rotatable bonds is 6. The van der Waals surface area contributed by atoms with E-state index < -0.39 is 24.1 Å². The lowest BCUT2D eigenvalue weighted by Crippen LogP contribution is -2.26. The third-order valence-electron chi connectivity index (χ3n) is 6.25. The Morgan fingerprint density at radius 1 is 0.951 bits per heavy atom. The molecule has 4 aromatic rings. The Morgan fingerprint density at radius 3 is 2.22 bits per heavy atom. The molecule has 0 radical (unpaired) electrons. The van der Waals surface area contributed by atoms with Gasteiger partial charge in [0.1, 0.15) is 0 Å². The van der Waals surface area contributed by atoms with Crippen molar-refractivity contribution in [2.24, 2.45) is 0 Å². The Balaban J connectivity index is 1.80. The fourth-order valence-corrected chi connectivity index (χ4v) is 4.07. The van der Waals surface area contributed by atoms with Crippen molar-refractivity contribution in [3.8, 4) is 17.2 Å². The van der Waals surface area contributed by atoms with E-state index in [-0.39, 0.29) is 33.5 Å². The largest absolute Gasteiger partial charge is 0.478 e. The van der Waals surface area contributed by atoms with Gasteiger partial charge < -0.3 is 24.4 Å². The van der Waals surface area contributed by atoms with Crippen LogP contribution in [0, 0.1) is 11.3 Å². The van der Waals surface area contributed by atoms with Crippen molar-refractivity contribution < 1.29 is 38.3 Å². The number of anilines is 3. The molecule has 13 nitrogen and oxygen atoms in total. The van der Waals surface area contributed by atoms with Crippen molar-refractivity contribution in [1.82, 2.24) is 5.16 Å². The van der Waals surface area contributed by atoms with Crippen LogP contribution in [0.3, 0.4) is 0 Å². The lowest BCUT2D eigenvalue weighted by molar-refractivity contribution is 0.0698. The molecule has 1 heterocycles. The molecule has 13 heteroatoms. The van der Waals surface area contributed by atoms with Gasteiger partial charge in [0, 0.05) is 31.4 Å². The van der Waals surface area contributed by atoms with Crippen molar-refractivity contribution in [2.45, 2.75) is 0 Å². The number of nitrogens with zero attached hydrogens (tertiary/aromatic N) is 4. The third-order valence-corrected chi connectivity index (χ3v) is 6.25. The van der Waals surface area contributed by atoms with E-state index in [4.69, 9.17) is 19.3 Å². The molecule has 41 heavy (non-hydrogen) atoms. The van der Waals surface area contributed by atoms with Crippen molar-refractivity contribution in [2.75, 3.05) is 43.4 Å². The number of carbonyl (C=O) groups excluding carboxylic acids is 3. The van der Waals surface area contributed by atoms with Gasteiger partial charge in [-0.15, -0.1) is 0 Å². The van der Waals surface area contributed by atoms with Crippen molar-refractivity contribution in [1.29, 1.82) is 5.26 Å². The minimum atomic E-state index is -1.33. The Kier molecular flexibility index (Phi) is 7.86. The van der Waals surface area contributed by atoms with Gasteiger partial charge in [-0.25, -0.2) is 14.4 Å². The molecule has 3 amide bonds. The number of methoxy groups -OCH3 is 2. The summed E-state index contributed by atoms with van der Waals surface area (Å²) < 4.78 is 15.0. The average Bonchev–Trinajstić information content (AvgIpc) is 3.42. The molecule has 0 saturated carbocycles. The summed E-state index contributed by atoms with van der Waals surface area (Å²) >= 11 is 0. The second kappa shape index (κ2) is 11.5. The van der Waals surface area contributed by atoms with Gasteiger partial charge in [0.05, 0.1) is 48.2 Å². The number of nitriles is 1. The first kappa shape index (κ1) is 28.1. The summed E-state index contributed by atoms with van der Waals surface area (Å²) in [6.45, 7) is 0. The Hall–Kier alpha value is -5.90. The summed E-state index contributed by atoms with van der Waals surface area (Å²) in [4.78, 5) is 51.8. The molecule has 208 valence electrons. The molecule has 0 spiro atoms. The van der Waals surface area contributed by atoms with Gasteiger partial charge in [-0.1, -0.05) is 17.3 Å². The summed E-state index contributed by atoms with van der Waals surface area (Å²) in [5.74, 6) is -2.09. The average molecular weight is 558 g/mol. The molecule has 0 atom stereocenters. The van der Waals surface area contributed by atoms with Crippen LogP contribution in [-0.4, -0.2) is 62.6 Å². The van der Waals surface area contributed by atoms with E-state index in [2.05, 4.69) is 10.5 Å². The summed E-state index contributed by atoms with van der Waals surface area (Å²) in [5.41, 5.74) is 1.87. The van der Waals surface area contributed by atoms with Crippen LogP contribution in [0.2, 0.25) is 0 Å². The molecule has 0 fully saturated rings. The lowest BCUT2D eigenvalue weighted by atomic mass is 9.99. The van der Waals surface area contributed by atoms with Gasteiger partial charge in [0.25, 0.3) is 5.91 Å². The van der Waals surface area contributed by atoms with E-state index in [0.29, 0.717) is 22.5 Å². The maximum Gasteiger partial charge on any atom is 0.413 e. The van der Waals surface area contributed by atoms with Gasteiger partial charge >= 0.3 is 18.2 Å². The Labute approximate surface area is 233 Å². The van der Waals surface area contributed by atoms with Crippen LogP contribution in [0.4, 0.5) is 26.7 Å². The zero-order chi connectivity index (χ0) is 29.8. The highest BCUT2D eigenvalue weighted by Gasteiger charge is 2.24. The summed E-state index contributed by atoms with van der Waals surface area (Å²) in [5, 5.41) is 25.3. The number of hydrogen-bond donors (Lipinski definition) is 2. The van der Waals surface area contributed by atoms with Gasteiger partial charge in [0.15, 0.2) is 11.3 Å². The first-order chi connectivity index (χ1) is 19.6. The van der Waals surface area contributed by atoms with E-state index in [1.54, 1.807) is 37.4 Å². The van der Waals surface area contributed by atoms with E-state index >= 15 is 0 Å². The van der Waals surface area contributed by atoms with Crippen molar-refractivity contribution >= 4 is 52.1 Å². The van der Waals surface area contributed by atoms with Crippen LogP contribution in [0.15, 0.2) is 59.1 Å². The maximum absolute atomic E-state index is 13.2. The summed E-state index contributed by atoms with van der Waals surface area (Å²) in [7, 11) is 5.56. The number of hydrogen-bond acceptors (Lipinski definition) is 9. The predicted molar refractivity (Wildman–Crippen MR) is 147 cm³/mol. The molecule has 0 aliphatic rings. The lowest BCUT2D eigenvalue weighted by Gasteiger charge is -2.20.